The molecule has 3 heteroatoms. The molecule has 1 saturated heterocycles. The average molecular weight is 314 g/mol. The maximum absolute atomic E-state index is 3.68. The number of rotatable bonds is 5. The van der Waals surface area contributed by atoms with Crippen molar-refractivity contribution in [2.24, 2.45) is 0 Å². The van der Waals surface area contributed by atoms with Crippen molar-refractivity contribution in [1.29, 1.82) is 0 Å². The highest BCUT2D eigenvalue weighted by Gasteiger charge is 2.23. The van der Waals surface area contributed by atoms with E-state index in [0.29, 0.717) is 6.04 Å². The lowest BCUT2D eigenvalue weighted by molar-refractivity contribution is 0.615. The Morgan fingerprint density at radius 3 is 2.55 bits per heavy atom. The Labute approximate surface area is 138 Å². The SMILES string of the molecule is C(=C\SNc1c2c(cc3c1CCC3)CCC2)/CC1CCCN1. The maximum Gasteiger partial charge on any atom is 0.0512 e. The summed E-state index contributed by atoms with van der Waals surface area (Å²) in [4.78, 5) is 0. The van der Waals surface area contributed by atoms with E-state index < -0.39 is 0 Å². The number of aryl methyl sites for hydroxylation is 2. The highest BCUT2D eigenvalue weighted by Crippen LogP contribution is 2.39. The van der Waals surface area contributed by atoms with E-state index in [9.17, 15) is 0 Å². The zero-order valence-corrected chi connectivity index (χ0v) is 14.1. The minimum absolute atomic E-state index is 0.710. The lowest BCUT2D eigenvalue weighted by Crippen LogP contribution is -2.19. The zero-order chi connectivity index (χ0) is 14.8. The second-order valence-electron chi connectivity index (χ2n) is 6.85. The third kappa shape index (κ3) is 2.93. The number of fused-ring (bicyclic) bond motifs is 2. The average Bonchev–Trinajstić information content (AvgIpc) is 3.26. The molecule has 0 aromatic heterocycles. The van der Waals surface area contributed by atoms with E-state index in [-0.39, 0.29) is 0 Å². The molecule has 2 aliphatic carbocycles. The Kier molecular flexibility index (Phi) is 4.44. The van der Waals surface area contributed by atoms with Crippen LogP contribution in [0.3, 0.4) is 0 Å². The number of benzene rings is 1. The Morgan fingerprint density at radius 1 is 1.09 bits per heavy atom. The third-order valence-corrected chi connectivity index (χ3v) is 6.03. The van der Waals surface area contributed by atoms with E-state index in [1.165, 1.54) is 70.0 Å². The van der Waals surface area contributed by atoms with E-state index in [1.807, 2.05) is 0 Å². The van der Waals surface area contributed by atoms with Crippen LogP contribution < -0.4 is 10.0 Å². The van der Waals surface area contributed by atoms with Gasteiger partial charge in [-0.25, -0.2) is 0 Å². The highest BCUT2D eigenvalue weighted by molar-refractivity contribution is 8.03. The fourth-order valence-electron chi connectivity index (χ4n) is 4.26. The van der Waals surface area contributed by atoms with E-state index in [2.05, 4.69) is 27.6 Å². The van der Waals surface area contributed by atoms with Gasteiger partial charge >= 0.3 is 0 Å². The first-order chi connectivity index (χ1) is 10.9. The van der Waals surface area contributed by atoms with E-state index in [0.717, 1.165) is 0 Å². The zero-order valence-electron chi connectivity index (χ0n) is 13.3. The van der Waals surface area contributed by atoms with Gasteiger partial charge in [0.15, 0.2) is 0 Å². The van der Waals surface area contributed by atoms with E-state index in [4.69, 9.17) is 0 Å². The summed E-state index contributed by atoms with van der Waals surface area (Å²) in [7, 11) is 0. The highest BCUT2D eigenvalue weighted by atomic mass is 32.2. The summed E-state index contributed by atoms with van der Waals surface area (Å²) < 4.78 is 3.68. The Bertz CT molecular complexity index is 541. The fraction of sp³-hybridized carbons (Fsp3) is 0.579. The van der Waals surface area contributed by atoms with Crippen LogP contribution in [0.15, 0.2) is 17.6 Å². The van der Waals surface area contributed by atoms with Gasteiger partial charge in [0.1, 0.15) is 0 Å². The molecule has 0 saturated carbocycles. The molecule has 0 amide bonds. The van der Waals surface area contributed by atoms with Gasteiger partial charge in [-0.15, -0.1) is 0 Å². The standard InChI is InChI=1S/C19H26N2S/c1-5-14-13-15-6-2-10-18(15)19(17(14)9-1)21-22-12-4-8-16-7-3-11-20-16/h4,12-13,16,20-21H,1-3,5-11H2/b12-4+. The predicted octanol–water partition coefficient (Wildman–Crippen LogP) is 4.38. The Hall–Kier alpha value is -0.930. The minimum atomic E-state index is 0.710. The molecule has 2 N–H and O–H groups in total. The number of anilines is 1. The molecule has 2 nitrogen and oxygen atoms in total. The van der Waals surface area contributed by atoms with Crippen molar-refractivity contribution in [2.75, 3.05) is 11.3 Å². The van der Waals surface area contributed by atoms with E-state index >= 15 is 0 Å². The Balaban J connectivity index is 1.41. The summed E-state index contributed by atoms with van der Waals surface area (Å²) in [5.41, 5.74) is 7.92. The molecule has 0 bridgehead atoms. The molecule has 1 aliphatic heterocycles. The number of hydrogen-bond donors (Lipinski definition) is 2. The van der Waals surface area contributed by atoms with Crippen LogP contribution in [0.5, 0.6) is 0 Å². The first-order valence-electron chi connectivity index (χ1n) is 8.88. The van der Waals surface area contributed by atoms with Gasteiger partial charge in [0.25, 0.3) is 0 Å². The smallest absolute Gasteiger partial charge is 0.0512 e. The molecule has 0 radical (unpaired) electrons. The molecule has 22 heavy (non-hydrogen) atoms. The molecule has 4 rings (SSSR count). The lowest BCUT2D eigenvalue weighted by Gasteiger charge is -2.15. The van der Waals surface area contributed by atoms with Crippen molar-refractivity contribution in [3.05, 3.63) is 39.8 Å². The molecular formula is C19H26N2S. The Morgan fingerprint density at radius 2 is 1.86 bits per heavy atom. The van der Waals surface area contributed by atoms with Crippen LogP contribution in [0, 0.1) is 0 Å². The van der Waals surface area contributed by atoms with Gasteiger partial charge < -0.3 is 10.0 Å². The molecule has 0 spiro atoms. The van der Waals surface area contributed by atoms with Gasteiger partial charge in [-0.1, -0.05) is 12.1 Å². The summed E-state index contributed by atoms with van der Waals surface area (Å²) >= 11 is 1.76. The molecule has 1 fully saturated rings. The van der Waals surface area contributed by atoms with Crippen molar-refractivity contribution in [1.82, 2.24) is 5.32 Å². The monoisotopic (exact) mass is 314 g/mol. The fourth-order valence-corrected chi connectivity index (χ4v) is 4.90. The van der Waals surface area contributed by atoms with Crippen molar-refractivity contribution in [3.8, 4) is 0 Å². The largest absolute Gasteiger partial charge is 0.326 e. The molecule has 1 unspecified atom stereocenters. The van der Waals surface area contributed by atoms with Gasteiger partial charge in [-0.3, -0.25) is 0 Å². The third-order valence-electron chi connectivity index (χ3n) is 5.38. The van der Waals surface area contributed by atoms with Crippen LogP contribution in [0.4, 0.5) is 5.69 Å². The molecule has 118 valence electrons. The van der Waals surface area contributed by atoms with Crippen LogP contribution in [0.2, 0.25) is 0 Å². The normalized spacial score (nSPS) is 23.2. The molecular weight excluding hydrogens is 288 g/mol. The second kappa shape index (κ2) is 6.67. The van der Waals surface area contributed by atoms with Gasteiger partial charge in [0, 0.05) is 6.04 Å². The second-order valence-corrected chi connectivity index (χ2v) is 7.57. The number of nitrogens with one attached hydrogen (secondary N) is 2. The summed E-state index contributed by atoms with van der Waals surface area (Å²) in [6, 6.07) is 3.21. The lowest BCUT2D eigenvalue weighted by atomic mass is 9.99. The topological polar surface area (TPSA) is 24.1 Å². The summed E-state index contributed by atoms with van der Waals surface area (Å²) in [6.07, 6.45) is 13.9. The van der Waals surface area contributed by atoms with Crippen LogP contribution >= 0.6 is 11.9 Å². The molecule has 1 heterocycles. The quantitative estimate of drug-likeness (QED) is 0.789. The van der Waals surface area contributed by atoms with Crippen molar-refractivity contribution >= 4 is 17.6 Å². The maximum atomic E-state index is 3.68. The van der Waals surface area contributed by atoms with Gasteiger partial charge in [0.2, 0.25) is 0 Å². The summed E-state index contributed by atoms with van der Waals surface area (Å²) in [5.74, 6) is 0. The first kappa shape index (κ1) is 14.6. The summed E-state index contributed by atoms with van der Waals surface area (Å²) in [5, 5.41) is 5.80. The number of hydrogen-bond acceptors (Lipinski definition) is 3. The predicted molar refractivity (Wildman–Crippen MR) is 96.5 cm³/mol. The van der Waals surface area contributed by atoms with Crippen LogP contribution in [-0.4, -0.2) is 12.6 Å². The first-order valence-corrected chi connectivity index (χ1v) is 9.76. The molecule has 1 aromatic carbocycles. The van der Waals surface area contributed by atoms with Gasteiger partial charge in [0.05, 0.1) is 5.69 Å². The molecule has 3 aliphatic rings. The van der Waals surface area contributed by atoms with Crippen LogP contribution in [0.25, 0.3) is 0 Å². The van der Waals surface area contributed by atoms with Crippen molar-refractivity contribution in [2.45, 2.75) is 63.8 Å². The van der Waals surface area contributed by atoms with Gasteiger partial charge in [-0.05, 0) is 104 Å². The summed E-state index contributed by atoms with van der Waals surface area (Å²) in [6.45, 7) is 1.20. The molecule has 1 atom stereocenters. The van der Waals surface area contributed by atoms with Crippen molar-refractivity contribution < 1.29 is 0 Å². The van der Waals surface area contributed by atoms with Crippen LogP contribution in [-0.2, 0) is 25.7 Å². The molecule has 1 aromatic rings. The minimum Gasteiger partial charge on any atom is -0.326 e. The van der Waals surface area contributed by atoms with Crippen molar-refractivity contribution in [3.63, 3.8) is 0 Å². The van der Waals surface area contributed by atoms with E-state index in [1.54, 1.807) is 34.2 Å². The van der Waals surface area contributed by atoms with Gasteiger partial charge in [-0.2, -0.15) is 0 Å². The van der Waals surface area contributed by atoms with Crippen LogP contribution in [0.1, 0.15) is 54.4 Å².